The Hall–Kier alpha value is -2.31. The van der Waals surface area contributed by atoms with E-state index in [1.807, 2.05) is 19.1 Å². The number of hydrogen-bond donors (Lipinski definition) is 1. The van der Waals surface area contributed by atoms with Crippen molar-refractivity contribution < 1.29 is 13.9 Å². The number of ether oxygens (including phenoxy) is 1. The lowest BCUT2D eigenvalue weighted by atomic mass is 10.1. The van der Waals surface area contributed by atoms with Crippen molar-refractivity contribution in [1.29, 1.82) is 0 Å². The van der Waals surface area contributed by atoms with E-state index in [1.165, 1.54) is 12.1 Å². The number of anilines is 1. The molecule has 2 aromatic carbocycles. The molecule has 0 fully saturated rings. The summed E-state index contributed by atoms with van der Waals surface area (Å²) in [5.41, 5.74) is 2.29. The van der Waals surface area contributed by atoms with Crippen LogP contribution >= 0.6 is 27.5 Å². The van der Waals surface area contributed by atoms with E-state index in [0.717, 1.165) is 21.0 Å². The maximum absolute atomic E-state index is 12.1. The van der Waals surface area contributed by atoms with Gasteiger partial charge in [-0.25, -0.2) is 4.79 Å². The number of carbonyl (C=O) groups is 1. The van der Waals surface area contributed by atoms with Gasteiger partial charge in [0.1, 0.15) is 11.3 Å². The van der Waals surface area contributed by atoms with Gasteiger partial charge in [-0.2, -0.15) is 0 Å². The van der Waals surface area contributed by atoms with Gasteiger partial charge in [-0.1, -0.05) is 27.5 Å². The second-order valence-electron chi connectivity index (χ2n) is 5.82. The van der Waals surface area contributed by atoms with Gasteiger partial charge < -0.3 is 14.5 Å². The second kappa shape index (κ2) is 7.51. The van der Waals surface area contributed by atoms with Crippen LogP contribution < -0.4 is 15.7 Å². The summed E-state index contributed by atoms with van der Waals surface area (Å²) in [7, 11) is 0. The molecule has 0 saturated carbocycles. The Morgan fingerprint density at radius 1 is 1.19 bits per heavy atom. The fourth-order valence-electron chi connectivity index (χ4n) is 2.53. The van der Waals surface area contributed by atoms with Gasteiger partial charge in [0.05, 0.1) is 5.02 Å². The lowest BCUT2D eigenvalue weighted by Gasteiger charge is -2.11. The van der Waals surface area contributed by atoms with Crippen molar-refractivity contribution in [2.75, 3.05) is 11.9 Å². The van der Waals surface area contributed by atoms with Crippen molar-refractivity contribution in [3.05, 3.63) is 67.4 Å². The molecule has 1 amide bonds. The van der Waals surface area contributed by atoms with E-state index in [0.29, 0.717) is 16.3 Å². The molecule has 0 spiro atoms. The molecule has 26 heavy (non-hydrogen) atoms. The first-order valence-corrected chi connectivity index (χ1v) is 8.93. The number of nitrogens with one attached hydrogen (secondary N) is 1. The van der Waals surface area contributed by atoms with Gasteiger partial charge in [-0.15, -0.1) is 0 Å². The monoisotopic (exact) mass is 435 g/mol. The van der Waals surface area contributed by atoms with Crippen LogP contribution in [0.25, 0.3) is 11.0 Å². The Labute approximate surface area is 163 Å². The highest BCUT2D eigenvalue weighted by molar-refractivity contribution is 9.10. The Bertz CT molecular complexity index is 1060. The van der Waals surface area contributed by atoms with Crippen molar-refractivity contribution in [3.63, 3.8) is 0 Å². The van der Waals surface area contributed by atoms with Crippen molar-refractivity contribution in [1.82, 2.24) is 0 Å². The van der Waals surface area contributed by atoms with E-state index in [4.69, 9.17) is 20.8 Å². The molecule has 0 radical (unpaired) electrons. The van der Waals surface area contributed by atoms with Gasteiger partial charge in [-0.05, 0) is 49.2 Å². The Morgan fingerprint density at radius 3 is 2.69 bits per heavy atom. The first-order valence-electron chi connectivity index (χ1n) is 7.76. The third-order valence-corrected chi connectivity index (χ3v) is 4.61. The van der Waals surface area contributed by atoms with Crippen molar-refractivity contribution >= 4 is 50.1 Å². The normalized spacial score (nSPS) is 10.8. The topological polar surface area (TPSA) is 68.5 Å². The van der Waals surface area contributed by atoms with Crippen LogP contribution in [0.1, 0.15) is 11.1 Å². The molecule has 0 saturated heterocycles. The SMILES string of the molecule is Cc1cc(Br)ccc1NC(=O)COc1cc2oc(=O)cc(C)c2cc1Cl. The van der Waals surface area contributed by atoms with E-state index < -0.39 is 5.63 Å². The second-order valence-corrected chi connectivity index (χ2v) is 7.15. The highest BCUT2D eigenvalue weighted by Crippen LogP contribution is 2.31. The molecule has 3 rings (SSSR count). The molecule has 0 aliphatic carbocycles. The lowest BCUT2D eigenvalue weighted by Crippen LogP contribution is -2.20. The molecule has 7 heteroatoms. The van der Waals surface area contributed by atoms with Gasteiger partial charge >= 0.3 is 5.63 Å². The molecule has 5 nitrogen and oxygen atoms in total. The Balaban J connectivity index is 1.75. The van der Waals surface area contributed by atoms with E-state index >= 15 is 0 Å². The van der Waals surface area contributed by atoms with Crippen LogP contribution in [0.4, 0.5) is 5.69 Å². The summed E-state index contributed by atoms with van der Waals surface area (Å²) >= 11 is 9.60. The van der Waals surface area contributed by atoms with Crippen molar-refractivity contribution in [2.45, 2.75) is 13.8 Å². The maximum atomic E-state index is 12.1. The number of halogens is 2. The number of benzene rings is 2. The summed E-state index contributed by atoms with van der Waals surface area (Å²) in [6.45, 7) is 3.46. The van der Waals surface area contributed by atoms with Crippen LogP contribution in [0.15, 0.2) is 50.1 Å². The molecule has 1 N–H and O–H groups in total. The van der Waals surface area contributed by atoms with Gasteiger partial charge in [0, 0.05) is 27.7 Å². The minimum Gasteiger partial charge on any atom is -0.482 e. The first kappa shape index (κ1) is 18.5. The summed E-state index contributed by atoms with van der Waals surface area (Å²) in [5.74, 6) is -0.0483. The number of aryl methyl sites for hydroxylation is 2. The minimum absolute atomic E-state index is 0.225. The van der Waals surface area contributed by atoms with Crippen LogP contribution in [0, 0.1) is 13.8 Å². The number of fused-ring (bicyclic) bond motifs is 1. The van der Waals surface area contributed by atoms with Gasteiger partial charge in [0.2, 0.25) is 0 Å². The summed E-state index contributed by atoms with van der Waals surface area (Å²) in [4.78, 5) is 23.7. The molecule has 0 unspecified atom stereocenters. The Morgan fingerprint density at radius 2 is 1.96 bits per heavy atom. The predicted octanol–water partition coefficient (Wildman–Crippen LogP) is 4.84. The number of carbonyl (C=O) groups excluding carboxylic acids is 1. The number of amides is 1. The predicted molar refractivity (Wildman–Crippen MR) is 105 cm³/mol. The highest BCUT2D eigenvalue weighted by atomic mass is 79.9. The summed E-state index contributed by atoms with van der Waals surface area (Å²) in [5, 5.41) is 3.84. The van der Waals surface area contributed by atoms with E-state index in [9.17, 15) is 9.59 Å². The summed E-state index contributed by atoms with van der Waals surface area (Å²) in [6.07, 6.45) is 0. The van der Waals surface area contributed by atoms with Gasteiger partial charge in [0.15, 0.2) is 6.61 Å². The molecular weight excluding hydrogens is 422 g/mol. The van der Waals surface area contributed by atoms with Gasteiger partial charge in [0.25, 0.3) is 5.91 Å². The van der Waals surface area contributed by atoms with Gasteiger partial charge in [-0.3, -0.25) is 4.79 Å². The molecule has 1 aromatic heterocycles. The zero-order valence-electron chi connectivity index (χ0n) is 14.1. The van der Waals surface area contributed by atoms with Crippen LogP contribution in [-0.4, -0.2) is 12.5 Å². The smallest absolute Gasteiger partial charge is 0.336 e. The highest BCUT2D eigenvalue weighted by Gasteiger charge is 2.12. The standard InChI is InChI=1S/C19H15BrClNO4/c1-10-6-19(24)26-16-8-17(14(21)7-13(10)16)25-9-18(23)22-15-4-3-12(20)5-11(15)2/h3-8H,9H2,1-2H3,(H,22,23). The van der Waals surface area contributed by atoms with Crippen LogP contribution in [0.2, 0.25) is 5.02 Å². The fourth-order valence-corrected chi connectivity index (χ4v) is 3.22. The molecule has 0 aliphatic rings. The third kappa shape index (κ3) is 4.08. The lowest BCUT2D eigenvalue weighted by molar-refractivity contribution is -0.118. The summed E-state index contributed by atoms with van der Waals surface area (Å²) < 4.78 is 11.6. The molecule has 3 aromatic rings. The molecule has 134 valence electrons. The fraction of sp³-hybridized carbons (Fsp3) is 0.158. The zero-order chi connectivity index (χ0) is 18.8. The molecule has 0 atom stereocenters. The average Bonchev–Trinajstić information content (AvgIpc) is 2.56. The first-order chi connectivity index (χ1) is 12.3. The quantitative estimate of drug-likeness (QED) is 0.594. The largest absolute Gasteiger partial charge is 0.482 e. The number of hydrogen-bond acceptors (Lipinski definition) is 4. The minimum atomic E-state index is -0.452. The summed E-state index contributed by atoms with van der Waals surface area (Å²) in [6, 6.07) is 10.1. The van der Waals surface area contributed by atoms with Crippen LogP contribution in [0.5, 0.6) is 5.75 Å². The van der Waals surface area contributed by atoms with Crippen LogP contribution in [-0.2, 0) is 4.79 Å². The molecular formula is C19H15BrClNO4. The number of rotatable bonds is 4. The molecule has 0 bridgehead atoms. The van der Waals surface area contributed by atoms with E-state index in [-0.39, 0.29) is 18.3 Å². The van der Waals surface area contributed by atoms with Crippen molar-refractivity contribution in [3.8, 4) is 5.75 Å². The van der Waals surface area contributed by atoms with E-state index in [2.05, 4.69) is 21.2 Å². The molecule has 0 aliphatic heterocycles. The maximum Gasteiger partial charge on any atom is 0.336 e. The van der Waals surface area contributed by atoms with E-state index in [1.54, 1.807) is 19.1 Å². The Kier molecular flexibility index (Phi) is 5.34. The third-order valence-electron chi connectivity index (χ3n) is 3.83. The van der Waals surface area contributed by atoms with Crippen LogP contribution in [0.3, 0.4) is 0 Å². The van der Waals surface area contributed by atoms with Crippen molar-refractivity contribution in [2.24, 2.45) is 0 Å². The molecule has 1 heterocycles. The zero-order valence-corrected chi connectivity index (χ0v) is 16.4. The average molecular weight is 437 g/mol.